The van der Waals surface area contributed by atoms with Gasteiger partial charge in [0.1, 0.15) is 5.69 Å². The van der Waals surface area contributed by atoms with Crippen molar-refractivity contribution in [3.05, 3.63) is 53.9 Å². The third-order valence-corrected chi connectivity index (χ3v) is 5.56. The molecule has 4 rings (SSSR count). The molecule has 6 heteroatoms. The largest absolute Gasteiger partial charge is 0.379 e. The summed E-state index contributed by atoms with van der Waals surface area (Å²) < 4.78 is 7.51. The Balaban J connectivity index is 1.47. The highest BCUT2D eigenvalue weighted by molar-refractivity contribution is 5.92. The van der Waals surface area contributed by atoms with Crippen molar-refractivity contribution in [3.63, 3.8) is 0 Å². The molecule has 0 bridgehead atoms. The Hall–Kier alpha value is -2.18. The number of aromatic nitrogens is 2. The van der Waals surface area contributed by atoms with Crippen LogP contribution in [0.2, 0.25) is 0 Å². The Morgan fingerprint density at radius 1 is 1.26 bits per heavy atom. The number of rotatable bonds is 6. The average molecular weight is 368 g/mol. The molecular formula is C21H28N4O2. The molecule has 0 spiro atoms. The summed E-state index contributed by atoms with van der Waals surface area (Å²) in [5.41, 5.74) is 1.79. The maximum Gasteiger partial charge on any atom is 0.274 e. The van der Waals surface area contributed by atoms with E-state index in [-0.39, 0.29) is 11.9 Å². The van der Waals surface area contributed by atoms with Gasteiger partial charge in [0.05, 0.1) is 18.7 Å². The van der Waals surface area contributed by atoms with Crippen LogP contribution >= 0.6 is 0 Å². The molecule has 0 aliphatic carbocycles. The topological polar surface area (TPSA) is 59.4 Å². The molecule has 0 saturated carbocycles. The fraction of sp³-hybridized carbons (Fsp3) is 0.524. The predicted molar refractivity (Wildman–Crippen MR) is 104 cm³/mol. The first kappa shape index (κ1) is 18.2. The highest BCUT2D eigenvalue weighted by atomic mass is 16.5. The Morgan fingerprint density at radius 3 is 2.89 bits per heavy atom. The monoisotopic (exact) mass is 368 g/mol. The predicted octanol–water partition coefficient (Wildman–Crippen LogP) is 2.28. The molecular weight excluding hydrogens is 340 g/mol. The first-order valence-electron chi connectivity index (χ1n) is 10.00. The first-order chi connectivity index (χ1) is 13.3. The number of carbonyl (C=O) groups is 1. The number of amides is 1. The molecule has 6 nitrogen and oxygen atoms in total. The van der Waals surface area contributed by atoms with Gasteiger partial charge in [0.15, 0.2) is 0 Å². The van der Waals surface area contributed by atoms with Crippen LogP contribution in [0.4, 0.5) is 0 Å². The van der Waals surface area contributed by atoms with Crippen LogP contribution < -0.4 is 5.32 Å². The van der Waals surface area contributed by atoms with Gasteiger partial charge in [-0.3, -0.25) is 9.48 Å². The van der Waals surface area contributed by atoms with Crippen molar-refractivity contribution >= 4 is 5.91 Å². The molecule has 1 amide bonds. The normalized spacial score (nSPS) is 22.7. The van der Waals surface area contributed by atoms with Gasteiger partial charge in [-0.2, -0.15) is 5.10 Å². The van der Waals surface area contributed by atoms with Crippen molar-refractivity contribution in [2.75, 3.05) is 32.8 Å². The summed E-state index contributed by atoms with van der Waals surface area (Å²) in [5.74, 6) is 0.0175. The molecule has 2 saturated heterocycles. The van der Waals surface area contributed by atoms with Crippen LogP contribution in [0.3, 0.4) is 0 Å². The van der Waals surface area contributed by atoms with Gasteiger partial charge >= 0.3 is 0 Å². The van der Waals surface area contributed by atoms with Gasteiger partial charge in [-0.25, -0.2) is 0 Å². The van der Waals surface area contributed by atoms with E-state index in [9.17, 15) is 4.79 Å². The number of hydrogen-bond donors (Lipinski definition) is 1. The van der Waals surface area contributed by atoms with E-state index in [1.165, 1.54) is 5.56 Å². The molecule has 2 atom stereocenters. The summed E-state index contributed by atoms with van der Waals surface area (Å²) in [6.07, 6.45) is 5.95. The molecule has 1 aromatic heterocycles. The van der Waals surface area contributed by atoms with E-state index >= 15 is 0 Å². The summed E-state index contributed by atoms with van der Waals surface area (Å²) in [7, 11) is 0. The standard InChI is InChI=1S/C21H28N4O2/c26-21(20-9-13-25(23-20)18-7-4-11-22-15-18)24(19-10-14-27-16-19)12-8-17-5-2-1-3-6-17/h1-3,5-6,9,13,18-19,22H,4,7-8,10-12,14-16H2. The molecule has 2 aliphatic rings. The van der Waals surface area contributed by atoms with Crippen LogP contribution in [-0.4, -0.2) is 59.5 Å². The van der Waals surface area contributed by atoms with Crippen molar-refractivity contribution in [3.8, 4) is 0 Å². The van der Waals surface area contributed by atoms with E-state index in [0.717, 1.165) is 45.4 Å². The van der Waals surface area contributed by atoms with Gasteiger partial charge in [-0.15, -0.1) is 0 Å². The van der Waals surface area contributed by atoms with Crippen LogP contribution in [0.1, 0.15) is 41.4 Å². The molecule has 144 valence electrons. The van der Waals surface area contributed by atoms with E-state index in [1.54, 1.807) is 0 Å². The van der Waals surface area contributed by atoms with Gasteiger partial charge in [0.2, 0.25) is 0 Å². The first-order valence-corrected chi connectivity index (χ1v) is 10.00. The number of nitrogens with zero attached hydrogens (tertiary/aromatic N) is 3. The van der Waals surface area contributed by atoms with E-state index in [0.29, 0.717) is 24.9 Å². The number of carbonyl (C=O) groups excluding carboxylic acids is 1. The Labute approximate surface area is 160 Å². The van der Waals surface area contributed by atoms with Crippen molar-refractivity contribution < 1.29 is 9.53 Å². The van der Waals surface area contributed by atoms with Crippen LogP contribution in [0.25, 0.3) is 0 Å². The lowest BCUT2D eigenvalue weighted by atomic mass is 10.1. The number of ether oxygens (including phenoxy) is 1. The molecule has 0 radical (unpaired) electrons. The quantitative estimate of drug-likeness (QED) is 0.850. The third kappa shape index (κ3) is 4.39. The summed E-state index contributed by atoms with van der Waals surface area (Å²) >= 11 is 0. The van der Waals surface area contributed by atoms with E-state index < -0.39 is 0 Å². The van der Waals surface area contributed by atoms with Crippen LogP contribution in [0.5, 0.6) is 0 Å². The minimum Gasteiger partial charge on any atom is -0.379 e. The van der Waals surface area contributed by atoms with Crippen molar-refractivity contribution in [2.45, 2.75) is 37.8 Å². The lowest BCUT2D eigenvalue weighted by Crippen LogP contribution is -2.42. The highest BCUT2D eigenvalue weighted by Gasteiger charge is 2.29. The van der Waals surface area contributed by atoms with Gasteiger partial charge in [-0.05, 0) is 43.9 Å². The molecule has 1 N–H and O–H groups in total. The van der Waals surface area contributed by atoms with Gasteiger partial charge in [0.25, 0.3) is 5.91 Å². The minimum absolute atomic E-state index is 0.0175. The zero-order chi connectivity index (χ0) is 18.5. The average Bonchev–Trinajstić information content (AvgIpc) is 3.42. The number of hydrogen-bond acceptors (Lipinski definition) is 4. The second kappa shape index (κ2) is 8.67. The molecule has 1 aromatic carbocycles. The zero-order valence-corrected chi connectivity index (χ0v) is 15.7. The minimum atomic E-state index is 0.0175. The van der Waals surface area contributed by atoms with Crippen LogP contribution in [-0.2, 0) is 11.2 Å². The Bertz CT molecular complexity index is 734. The summed E-state index contributed by atoms with van der Waals surface area (Å²) in [6, 6.07) is 12.7. The van der Waals surface area contributed by atoms with Gasteiger partial charge < -0.3 is 15.0 Å². The number of nitrogens with one attached hydrogen (secondary N) is 1. The van der Waals surface area contributed by atoms with E-state index in [2.05, 4.69) is 22.5 Å². The Kier molecular flexibility index (Phi) is 5.84. The molecule has 2 aliphatic heterocycles. The maximum absolute atomic E-state index is 13.2. The fourth-order valence-electron chi connectivity index (χ4n) is 3.97. The maximum atomic E-state index is 13.2. The molecule has 27 heavy (non-hydrogen) atoms. The van der Waals surface area contributed by atoms with Crippen LogP contribution in [0, 0.1) is 0 Å². The van der Waals surface area contributed by atoms with E-state index in [1.807, 2.05) is 40.0 Å². The van der Waals surface area contributed by atoms with Crippen molar-refractivity contribution in [2.24, 2.45) is 0 Å². The smallest absolute Gasteiger partial charge is 0.274 e. The summed E-state index contributed by atoms with van der Waals surface area (Å²) in [5, 5.41) is 8.03. The summed E-state index contributed by atoms with van der Waals surface area (Å²) in [4.78, 5) is 15.2. The highest BCUT2D eigenvalue weighted by Crippen LogP contribution is 2.19. The SMILES string of the molecule is O=C(c1ccn(C2CCCNC2)n1)N(CCc1ccccc1)C1CCOC1. The molecule has 2 fully saturated rings. The van der Waals surface area contributed by atoms with Crippen molar-refractivity contribution in [1.29, 1.82) is 0 Å². The second-order valence-electron chi connectivity index (χ2n) is 7.43. The summed E-state index contributed by atoms with van der Waals surface area (Å²) in [6.45, 7) is 4.02. The molecule has 2 unspecified atom stereocenters. The molecule has 2 aromatic rings. The second-order valence-corrected chi connectivity index (χ2v) is 7.43. The lowest BCUT2D eigenvalue weighted by molar-refractivity contribution is 0.0649. The van der Waals surface area contributed by atoms with Gasteiger partial charge in [0, 0.05) is 25.9 Å². The lowest BCUT2D eigenvalue weighted by Gasteiger charge is -2.27. The van der Waals surface area contributed by atoms with E-state index in [4.69, 9.17) is 4.74 Å². The van der Waals surface area contributed by atoms with Gasteiger partial charge in [-0.1, -0.05) is 30.3 Å². The fourth-order valence-corrected chi connectivity index (χ4v) is 3.97. The number of piperidine rings is 1. The zero-order valence-electron chi connectivity index (χ0n) is 15.7. The number of benzene rings is 1. The third-order valence-electron chi connectivity index (χ3n) is 5.56. The van der Waals surface area contributed by atoms with Crippen molar-refractivity contribution in [1.82, 2.24) is 20.0 Å². The molecule has 3 heterocycles. The van der Waals surface area contributed by atoms with Crippen LogP contribution in [0.15, 0.2) is 42.6 Å². The Morgan fingerprint density at radius 2 is 2.15 bits per heavy atom.